The van der Waals surface area contributed by atoms with E-state index in [1.54, 1.807) is 6.08 Å². The number of aromatic amines is 2. The first-order chi connectivity index (χ1) is 10.3. The second kappa shape index (κ2) is 5.63. The lowest BCUT2D eigenvalue weighted by Gasteiger charge is -1.92. The molecule has 0 saturated heterocycles. The summed E-state index contributed by atoms with van der Waals surface area (Å²) >= 11 is 0. The zero-order chi connectivity index (χ0) is 14.7. The molecule has 3 rings (SSSR count). The van der Waals surface area contributed by atoms with E-state index in [9.17, 15) is 0 Å². The third kappa shape index (κ3) is 2.56. The molecule has 0 aliphatic carbocycles. The topological polar surface area (TPSA) is 57.4 Å². The molecule has 0 aliphatic rings. The van der Waals surface area contributed by atoms with Gasteiger partial charge in [0.2, 0.25) is 0 Å². The van der Waals surface area contributed by atoms with Crippen molar-refractivity contribution in [2.24, 2.45) is 0 Å². The van der Waals surface area contributed by atoms with E-state index in [2.05, 4.69) is 26.7 Å². The summed E-state index contributed by atoms with van der Waals surface area (Å²) in [6.07, 6.45) is 5.67. The number of nitrogens with zero attached hydrogens (tertiary/aromatic N) is 2. The molecule has 0 amide bonds. The van der Waals surface area contributed by atoms with Gasteiger partial charge in [0.25, 0.3) is 0 Å². The van der Waals surface area contributed by atoms with Gasteiger partial charge in [-0.3, -0.25) is 5.10 Å². The lowest BCUT2D eigenvalue weighted by Crippen LogP contribution is -1.80. The first kappa shape index (κ1) is 13.1. The highest BCUT2D eigenvalue weighted by Crippen LogP contribution is 2.23. The molecular weight excluding hydrogens is 260 g/mol. The molecule has 3 aromatic rings. The summed E-state index contributed by atoms with van der Waals surface area (Å²) in [5.41, 5.74) is 4.60. The maximum atomic E-state index is 4.56. The summed E-state index contributed by atoms with van der Waals surface area (Å²) in [4.78, 5) is 7.81. The Labute approximate surface area is 123 Å². The zero-order valence-electron chi connectivity index (χ0n) is 11.8. The molecule has 0 atom stereocenters. The summed E-state index contributed by atoms with van der Waals surface area (Å²) in [5, 5.41) is 7.37. The van der Waals surface area contributed by atoms with E-state index in [4.69, 9.17) is 0 Å². The van der Waals surface area contributed by atoms with Crippen molar-refractivity contribution in [2.45, 2.75) is 6.92 Å². The highest BCUT2D eigenvalue weighted by Gasteiger charge is 2.11. The van der Waals surface area contributed by atoms with Crippen LogP contribution in [0.25, 0.3) is 34.9 Å². The van der Waals surface area contributed by atoms with E-state index in [-0.39, 0.29) is 0 Å². The Kier molecular flexibility index (Phi) is 3.51. The maximum Gasteiger partial charge on any atom is 0.156 e. The minimum absolute atomic E-state index is 0.757. The van der Waals surface area contributed by atoms with Crippen LogP contribution in [0.4, 0.5) is 0 Å². The van der Waals surface area contributed by atoms with Gasteiger partial charge in [-0.2, -0.15) is 5.10 Å². The fourth-order valence-electron chi connectivity index (χ4n) is 2.17. The largest absolute Gasteiger partial charge is 0.337 e. The molecule has 0 radical (unpaired) electrons. The van der Waals surface area contributed by atoms with Crippen LogP contribution < -0.4 is 0 Å². The van der Waals surface area contributed by atoms with Gasteiger partial charge in [0.15, 0.2) is 5.82 Å². The third-order valence-electron chi connectivity index (χ3n) is 3.19. The Morgan fingerprint density at radius 2 is 2.00 bits per heavy atom. The summed E-state index contributed by atoms with van der Waals surface area (Å²) in [5.74, 6) is 0.757. The predicted molar refractivity (Wildman–Crippen MR) is 86.4 cm³/mol. The number of allylic oxidation sites excluding steroid dienone is 1. The maximum absolute atomic E-state index is 4.56. The van der Waals surface area contributed by atoms with Crippen molar-refractivity contribution in [1.82, 2.24) is 20.2 Å². The van der Waals surface area contributed by atoms with Crippen molar-refractivity contribution >= 4 is 12.2 Å². The van der Waals surface area contributed by atoms with Crippen LogP contribution in [0, 0.1) is 0 Å². The first-order valence-corrected chi connectivity index (χ1v) is 6.78. The minimum Gasteiger partial charge on any atom is -0.337 e. The molecule has 21 heavy (non-hydrogen) atoms. The third-order valence-corrected chi connectivity index (χ3v) is 3.19. The van der Waals surface area contributed by atoms with E-state index in [0.717, 1.165) is 34.2 Å². The van der Waals surface area contributed by atoms with Crippen LogP contribution in [-0.4, -0.2) is 20.2 Å². The molecule has 0 unspecified atom stereocenters. The Morgan fingerprint density at radius 1 is 1.19 bits per heavy atom. The van der Waals surface area contributed by atoms with E-state index in [0.29, 0.717) is 0 Å². The van der Waals surface area contributed by atoms with Crippen LogP contribution in [0.15, 0.2) is 49.1 Å². The fourth-order valence-corrected chi connectivity index (χ4v) is 2.17. The average Bonchev–Trinajstić information content (AvgIpc) is 3.15. The van der Waals surface area contributed by atoms with Crippen LogP contribution in [0.2, 0.25) is 0 Å². The van der Waals surface area contributed by atoms with E-state index in [1.165, 1.54) is 0 Å². The molecule has 0 aliphatic heterocycles. The van der Waals surface area contributed by atoms with E-state index >= 15 is 0 Å². The molecular formula is C17H16N4. The summed E-state index contributed by atoms with van der Waals surface area (Å²) in [6.45, 7) is 5.77. The monoisotopic (exact) mass is 276 g/mol. The van der Waals surface area contributed by atoms with Gasteiger partial charge in [0.1, 0.15) is 5.69 Å². The van der Waals surface area contributed by atoms with Gasteiger partial charge in [0.05, 0.1) is 17.1 Å². The number of imidazole rings is 1. The molecule has 2 N–H and O–H groups in total. The molecule has 0 saturated carbocycles. The Hall–Kier alpha value is -2.88. The lowest BCUT2D eigenvalue weighted by molar-refractivity contribution is 1.08. The van der Waals surface area contributed by atoms with Gasteiger partial charge >= 0.3 is 0 Å². The lowest BCUT2D eigenvalue weighted by atomic mass is 10.1. The predicted octanol–water partition coefficient (Wildman–Crippen LogP) is 4.14. The van der Waals surface area contributed by atoms with Crippen LogP contribution in [0.3, 0.4) is 0 Å². The molecule has 2 aromatic heterocycles. The van der Waals surface area contributed by atoms with Crippen molar-refractivity contribution in [2.75, 3.05) is 0 Å². The van der Waals surface area contributed by atoms with Gasteiger partial charge in [0, 0.05) is 5.56 Å². The van der Waals surface area contributed by atoms with Gasteiger partial charge in [-0.25, -0.2) is 4.98 Å². The number of hydrogen-bond acceptors (Lipinski definition) is 2. The highest BCUT2D eigenvalue weighted by molar-refractivity contribution is 5.68. The Balaban J connectivity index is 1.99. The van der Waals surface area contributed by atoms with Gasteiger partial charge in [-0.05, 0) is 25.1 Å². The van der Waals surface area contributed by atoms with E-state index in [1.807, 2.05) is 55.5 Å². The van der Waals surface area contributed by atoms with E-state index < -0.39 is 0 Å². The smallest absolute Gasteiger partial charge is 0.156 e. The Bertz CT molecular complexity index is 778. The number of aromatic nitrogens is 4. The van der Waals surface area contributed by atoms with Crippen molar-refractivity contribution in [1.29, 1.82) is 0 Å². The second-order valence-corrected chi connectivity index (χ2v) is 4.62. The zero-order valence-corrected chi connectivity index (χ0v) is 11.8. The van der Waals surface area contributed by atoms with Crippen LogP contribution in [-0.2, 0) is 0 Å². The number of hydrogen-bond donors (Lipinski definition) is 2. The molecule has 0 fully saturated rings. The van der Waals surface area contributed by atoms with Crippen molar-refractivity contribution in [3.63, 3.8) is 0 Å². The minimum atomic E-state index is 0.757. The standard InChI is InChI=1S/C17H16N4/c1-3-8-14-13(4-2)18-17(19-14)16-11-15(20-21-16)12-9-6-5-7-10-12/h3-11H,2H2,1H3,(H,18,19)(H,20,21)/b8-3-. The molecule has 1 aromatic carbocycles. The summed E-state index contributed by atoms with van der Waals surface area (Å²) in [7, 11) is 0. The fraction of sp³-hybridized carbons (Fsp3) is 0.0588. The molecule has 0 bridgehead atoms. The molecule has 0 spiro atoms. The SMILES string of the molecule is C=Cc1[nH]c(-c2cc(-c3ccccc3)n[nH]2)nc1/C=C\C. The first-order valence-electron chi connectivity index (χ1n) is 6.78. The quantitative estimate of drug-likeness (QED) is 0.752. The molecule has 4 heteroatoms. The molecule has 104 valence electrons. The normalized spacial score (nSPS) is 11.1. The number of rotatable bonds is 4. The highest BCUT2D eigenvalue weighted by atomic mass is 15.1. The number of H-pyrrole nitrogens is 2. The Morgan fingerprint density at radius 3 is 2.71 bits per heavy atom. The summed E-state index contributed by atoms with van der Waals surface area (Å²) < 4.78 is 0. The van der Waals surface area contributed by atoms with Crippen molar-refractivity contribution < 1.29 is 0 Å². The second-order valence-electron chi connectivity index (χ2n) is 4.62. The molecule has 2 heterocycles. The number of benzene rings is 1. The molecule has 4 nitrogen and oxygen atoms in total. The average molecular weight is 276 g/mol. The van der Waals surface area contributed by atoms with Crippen LogP contribution >= 0.6 is 0 Å². The van der Waals surface area contributed by atoms with Crippen molar-refractivity contribution in [3.05, 3.63) is 60.4 Å². The van der Waals surface area contributed by atoms with Gasteiger partial charge < -0.3 is 4.98 Å². The van der Waals surface area contributed by atoms with Crippen LogP contribution in [0.1, 0.15) is 18.3 Å². The van der Waals surface area contributed by atoms with Crippen LogP contribution in [0.5, 0.6) is 0 Å². The van der Waals surface area contributed by atoms with Gasteiger partial charge in [-0.15, -0.1) is 0 Å². The van der Waals surface area contributed by atoms with Crippen molar-refractivity contribution in [3.8, 4) is 22.8 Å². The van der Waals surface area contributed by atoms with Gasteiger partial charge in [-0.1, -0.05) is 43.0 Å². The summed E-state index contributed by atoms with van der Waals surface area (Å²) in [6, 6.07) is 12.0. The number of nitrogens with one attached hydrogen (secondary N) is 2.